The van der Waals surface area contributed by atoms with E-state index < -0.39 is 0 Å². The second kappa shape index (κ2) is 6.80. The Bertz CT molecular complexity index is 645. The zero-order valence-electron chi connectivity index (χ0n) is 13.8. The summed E-state index contributed by atoms with van der Waals surface area (Å²) in [6, 6.07) is 4.01. The van der Waals surface area contributed by atoms with Gasteiger partial charge in [-0.25, -0.2) is 9.97 Å². The Balaban J connectivity index is 1.60. The molecule has 0 bridgehead atoms. The van der Waals surface area contributed by atoms with Crippen LogP contribution in [0.5, 0.6) is 0 Å². The number of fused-ring (bicyclic) bond motifs is 1. The first kappa shape index (κ1) is 16.1. The summed E-state index contributed by atoms with van der Waals surface area (Å²) >= 11 is 1.63. The van der Waals surface area contributed by atoms with Crippen LogP contribution in [0.1, 0.15) is 20.8 Å². The molecule has 2 aromatic heterocycles. The third-order valence-electron chi connectivity index (χ3n) is 4.10. The van der Waals surface area contributed by atoms with E-state index in [9.17, 15) is 4.79 Å². The van der Waals surface area contributed by atoms with Gasteiger partial charge < -0.3 is 10.2 Å². The van der Waals surface area contributed by atoms with Crippen LogP contribution in [0.2, 0.25) is 0 Å². The van der Waals surface area contributed by atoms with Gasteiger partial charge in [0, 0.05) is 38.4 Å². The molecule has 0 spiro atoms. The predicted molar refractivity (Wildman–Crippen MR) is 93.9 cm³/mol. The van der Waals surface area contributed by atoms with Crippen LogP contribution in [0.3, 0.4) is 0 Å². The Morgan fingerprint density at radius 1 is 1.26 bits per heavy atom. The van der Waals surface area contributed by atoms with Crippen molar-refractivity contribution in [2.75, 3.05) is 31.1 Å². The molecular formula is C16H23N5OS. The number of amides is 1. The molecule has 1 aliphatic rings. The highest BCUT2D eigenvalue weighted by atomic mass is 32.1. The minimum absolute atomic E-state index is 0.0865. The predicted octanol–water partition coefficient (Wildman–Crippen LogP) is 1.73. The van der Waals surface area contributed by atoms with Crippen LogP contribution in [-0.4, -0.2) is 59.0 Å². The van der Waals surface area contributed by atoms with Crippen LogP contribution in [-0.2, 0) is 4.79 Å². The van der Waals surface area contributed by atoms with E-state index in [1.165, 1.54) is 0 Å². The van der Waals surface area contributed by atoms with Crippen molar-refractivity contribution in [3.05, 3.63) is 18.3 Å². The van der Waals surface area contributed by atoms with E-state index in [0.29, 0.717) is 0 Å². The molecule has 0 saturated carbocycles. The van der Waals surface area contributed by atoms with Gasteiger partial charge in [-0.3, -0.25) is 9.69 Å². The number of nitrogens with zero attached hydrogens (tertiary/aromatic N) is 4. The lowest BCUT2D eigenvalue weighted by Gasteiger charge is -2.37. The fourth-order valence-corrected chi connectivity index (χ4v) is 3.73. The molecular weight excluding hydrogens is 310 g/mol. The van der Waals surface area contributed by atoms with E-state index in [1.807, 2.05) is 32.9 Å². The highest BCUT2D eigenvalue weighted by molar-refractivity contribution is 7.21. The summed E-state index contributed by atoms with van der Waals surface area (Å²) in [6.45, 7) is 9.48. The van der Waals surface area contributed by atoms with Crippen molar-refractivity contribution in [3.8, 4) is 0 Å². The maximum atomic E-state index is 12.1. The first-order chi connectivity index (χ1) is 11.0. The molecule has 0 aromatic carbocycles. The summed E-state index contributed by atoms with van der Waals surface area (Å²) in [6.07, 6.45) is 1.80. The van der Waals surface area contributed by atoms with Gasteiger partial charge in [0.15, 0.2) is 5.13 Å². The lowest BCUT2D eigenvalue weighted by atomic mass is 10.2. The minimum atomic E-state index is -0.0865. The van der Waals surface area contributed by atoms with E-state index in [0.717, 1.165) is 41.7 Å². The average molecular weight is 333 g/mol. The van der Waals surface area contributed by atoms with Gasteiger partial charge >= 0.3 is 0 Å². The highest BCUT2D eigenvalue weighted by Crippen LogP contribution is 2.27. The smallest absolute Gasteiger partial charge is 0.237 e. The number of hydrogen-bond acceptors (Lipinski definition) is 6. The Labute approximate surface area is 140 Å². The van der Waals surface area contributed by atoms with Gasteiger partial charge in [-0.05, 0) is 32.9 Å². The van der Waals surface area contributed by atoms with E-state index in [4.69, 9.17) is 0 Å². The normalized spacial score (nSPS) is 17.7. The Kier molecular flexibility index (Phi) is 4.77. The number of anilines is 1. The molecule has 124 valence electrons. The van der Waals surface area contributed by atoms with Crippen molar-refractivity contribution >= 4 is 32.7 Å². The lowest BCUT2D eigenvalue weighted by molar-refractivity contribution is -0.126. The molecule has 6 nitrogen and oxygen atoms in total. The van der Waals surface area contributed by atoms with E-state index >= 15 is 0 Å². The number of hydrogen-bond donors (Lipinski definition) is 1. The fourth-order valence-electron chi connectivity index (χ4n) is 2.77. The number of piperazine rings is 1. The monoisotopic (exact) mass is 333 g/mol. The molecule has 1 saturated heterocycles. The molecule has 7 heteroatoms. The van der Waals surface area contributed by atoms with Gasteiger partial charge in [0.25, 0.3) is 0 Å². The summed E-state index contributed by atoms with van der Waals surface area (Å²) in [5.41, 5.74) is 0.958. The molecule has 0 aliphatic carbocycles. The average Bonchev–Trinajstić information content (AvgIpc) is 2.97. The maximum absolute atomic E-state index is 12.1. The molecule has 1 unspecified atom stereocenters. The van der Waals surface area contributed by atoms with E-state index in [-0.39, 0.29) is 18.0 Å². The summed E-state index contributed by atoms with van der Waals surface area (Å²) < 4.78 is 0. The molecule has 1 amide bonds. The van der Waals surface area contributed by atoms with Crippen LogP contribution >= 0.6 is 11.3 Å². The maximum Gasteiger partial charge on any atom is 0.237 e. The SMILES string of the molecule is CC(C)NC(=O)C(C)N1CCN(c2nc3cccnc3s2)CC1. The minimum Gasteiger partial charge on any atom is -0.353 e. The lowest BCUT2D eigenvalue weighted by Crippen LogP contribution is -2.54. The largest absolute Gasteiger partial charge is 0.353 e. The number of nitrogens with one attached hydrogen (secondary N) is 1. The topological polar surface area (TPSA) is 61.4 Å². The standard InChI is InChI=1S/C16H23N5OS/c1-11(2)18-14(22)12(3)20-7-9-21(10-8-20)16-19-13-5-4-6-17-15(13)23-16/h4-6,11-12H,7-10H2,1-3H3,(H,18,22). The summed E-state index contributed by atoms with van der Waals surface area (Å²) in [5, 5.41) is 4.01. The third kappa shape index (κ3) is 3.61. The van der Waals surface area contributed by atoms with Crippen molar-refractivity contribution in [3.63, 3.8) is 0 Å². The van der Waals surface area contributed by atoms with Crippen LogP contribution in [0.4, 0.5) is 5.13 Å². The molecule has 1 fully saturated rings. The van der Waals surface area contributed by atoms with Gasteiger partial charge in [0.2, 0.25) is 5.91 Å². The second-order valence-corrected chi connectivity index (χ2v) is 7.14. The first-order valence-corrected chi connectivity index (χ1v) is 8.87. The van der Waals surface area contributed by atoms with Crippen molar-refractivity contribution in [1.82, 2.24) is 20.2 Å². The van der Waals surface area contributed by atoms with Gasteiger partial charge in [-0.2, -0.15) is 0 Å². The van der Waals surface area contributed by atoms with Gasteiger partial charge in [-0.15, -0.1) is 0 Å². The van der Waals surface area contributed by atoms with Crippen LogP contribution in [0.25, 0.3) is 10.3 Å². The fraction of sp³-hybridized carbons (Fsp3) is 0.562. The number of carbonyl (C=O) groups excluding carboxylic acids is 1. The summed E-state index contributed by atoms with van der Waals surface area (Å²) in [4.78, 5) is 26.7. The number of carbonyl (C=O) groups is 1. The van der Waals surface area contributed by atoms with Crippen molar-refractivity contribution < 1.29 is 4.79 Å². The van der Waals surface area contributed by atoms with Crippen molar-refractivity contribution in [2.24, 2.45) is 0 Å². The molecule has 1 N–H and O–H groups in total. The summed E-state index contributed by atoms with van der Waals surface area (Å²) in [5.74, 6) is 0.109. The number of thiazole rings is 1. The van der Waals surface area contributed by atoms with E-state index in [1.54, 1.807) is 17.5 Å². The van der Waals surface area contributed by atoms with Crippen molar-refractivity contribution in [1.29, 1.82) is 0 Å². The van der Waals surface area contributed by atoms with Gasteiger partial charge in [0.05, 0.1) is 6.04 Å². The zero-order valence-corrected chi connectivity index (χ0v) is 14.6. The molecule has 0 radical (unpaired) electrons. The first-order valence-electron chi connectivity index (χ1n) is 8.05. The molecule has 1 aliphatic heterocycles. The van der Waals surface area contributed by atoms with E-state index in [2.05, 4.69) is 25.1 Å². The zero-order chi connectivity index (χ0) is 16.4. The summed E-state index contributed by atoms with van der Waals surface area (Å²) in [7, 11) is 0. The highest BCUT2D eigenvalue weighted by Gasteiger charge is 2.26. The van der Waals surface area contributed by atoms with Gasteiger partial charge in [-0.1, -0.05) is 11.3 Å². The van der Waals surface area contributed by atoms with Crippen LogP contribution < -0.4 is 10.2 Å². The molecule has 1 atom stereocenters. The quantitative estimate of drug-likeness (QED) is 0.923. The van der Waals surface area contributed by atoms with Crippen LogP contribution in [0.15, 0.2) is 18.3 Å². The second-order valence-electron chi connectivity index (χ2n) is 6.19. The Morgan fingerprint density at radius 3 is 2.65 bits per heavy atom. The number of rotatable bonds is 4. The molecule has 23 heavy (non-hydrogen) atoms. The Morgan fingerprint density at radius 2 is 2.00 bits per heavy atom. The van der Waals surface area contributed by atoms with Gasteiger partial charge in [0.1, 0.15) is 10.3 Å². The molecule has 2 aromatic rings. The number of aromatic nitrogens is 2. The Hall–Kier alpha value is -1.73. The molecule has 3 heterocycles. The third-order valence-corrected chi connectivity index (χ3v) is 5.14. The van der Waals surface area contributed by atoms with Crippen molar-refractivity contribution in [2.45, 2.75) is 32.9 Å². The van der Waals surface area contributed by atoms with Crippen LogP contribution in [0, 0.1) is 0 Å². The number of pyridine rings is 1. The molecule has 3 rings (SSSR count).